The van der Waals surface area contributed by atoms with Gasteiger partial charge in [0.1, 0.15) is 17.3 Å². The van der Waals surface area contributed by atoms with Gasteiger partial charge in [0.05, 0.1) is 19.5 Å². The molecule has 2 N–H and O–H groups in total. The van der Waals surface area contributed by atoms with Crippen LogP contribution in [-0.2, 0) is 0 Å². The van der Waals surface area contributed by atoms with Gasteiger partial charge in [-0.15, -0.1) is 5.10 Å². The molecule has 23 heavy (non-hydrogen) atoms. The highest BCUT2D eigenvalue weighted by atomic mass is 16.5. The van der Waals surface area contributed by atoms with E-state index < -0.39 is 0 Å². The van der Waals surface area contributed by atoms with Gasteiger partial charge in [-0.3, -0.25) is 0 Å². The van der Waals surface area contributed by atoms with Gasteiger partial charge in [-0.2, -0.15) is 4.98 Å². The number of aryl methyl sites for hydroxylation is 1. The number of hydrogen-bond acceptors (Lipinski definition) is 7. The molecule has 0 radical (unpaired) electrons. The van der Waals surface area contributed by atoms with Gasteiger partial charge in [0, 0.05) is 24.5 Å². The zero-order valence-corrected chi connectivity index (χ0v) is 13.1. The van der Waals surface area contributed by atoms with Crippen molar-refractivity contribution >= 4 is 17.5 Å². The molecule has 0 fully saturated rings. The molecule has 0 saturated heterocycles. The zero-order chi connectivity index (χ0) is 16.2. The number of nitrogens with zero attached hydrogens (tertiary/aromatic N) is 5. The Kier molecular flexibility index (Phi) is 4.05. The average molecular weight is 311 g/mol. The molecule has 0 atom stereocenters. The molecule has 3 aromatic rings. The number of hydrogen-bond donors (Lipinski definition) is 2. The standard InChI is InChI=1S/C15H17N7O/c1-10-8-14(16-2)20-15(18-10)19-11-4-5-13(23-3)12(9-11)22-7-6-17-21-22/h4-9H,1-3H3,(H2,16,18,19,20). The second kappa shape index (κ2) is 6.30. The molecular weight excluding hydrogens is 294 g/mol. The topological polar surface area (TPSA) is 89.8 Å². The molecule has 0 aliphatic carbocycles. The van der Waals surface area contributed by atoms with E-state index >= 15 is 0 Å². The number of aromatic nitrogens is 5. The van der Waals surface area contributed by atoms with Crippen molar-refractivity contribution in [3.05, 3.63) is 42.4 Å². The summed E-state index contributed by atoms with van der Waals surface area (Å²) in [6, 6.07) is 7.52. The van der Waals surface area contributed by atoms with Gasteiger partial charge < -0.3 is 15.4 Å². The van der Waals surface area contributed by atoms with Crippen LogP contribution in [0, 0.1) is 6.92 Å². The van der Waals surface area contributed by atoms with Crippen LogP contribution in [0.15, 0.2) is 36.7 Å². The number of rotatable bonds is 5. The van der Waals surface area contributed by atoms with E-state index in [2.05, 4.69) is 30.9 Å². The van der Waals surface area contributed by atoms with Crippen LogP contribution < -0.4 is 15.4 Å². The summed E-state index contributed by atoms with van der Waals surface area (Å²) < 4.78 is 7.01. The first kappa shape index (κ1) is 14.8. The Labute approximate surface area is 133 Å². The van der Waals surface area contributed by atoms with Crippen LogP contribution in [0.1, 0.15) is 5.69 Å². The monoisotopic (exact) mass is 311 g/mol. The SMILES string of the molecule is CNc1cc(C)nc(Nc2ccc(OC)c(-n3ccnn3)c2)n1. The van der Waals surface area contributed by atoms with Gasteiger partial charge in [0.15, 0.2) is 0 Å². The first-order chi connectivity index (χ1) is 11.2. The fourth-order valence-corrected chi connectivity index (χ4v) is 2.17. The molecule has 8 heteroatoms. The fraction of sp³-hybridized carbons (Fsp3) is 0.200. The molecule has 0 amide bonds. The molecule has 0 unspecified atom stereocenters. The van der Waals surface area contributed by atoms with Crippen molar-refractivity contribution < 1.29 is 4.74 Å². The highest BCUT2D eigenvalue weighted by Crippen LogP contribution is 2.27. The van der Waals surface area contributed by atoms with E-state index in [4.69, 9.17) is 4.74 Å². The number of benzene rings is 1. The van der Waals surface area contributed by atoms with Crippen molar-refractivity contribution in [1.29, 1.82) is 0 Å². The highest BCUT2D eigenvalue weighted by molar-refractivity contribution is 5.62. The lowest BCUT2D eigenvalue weighted by Gasteiger charge is -2.12. The van der Waals surface area contributed by atoms with Crippen LogP contribution >= 0.6 is 0 Å². The Bertz CT molecular complexity index is 802. The van der Waals surface area contributed by atoms with Crippen molar-refractivity contribution in [1.82, 2.24) is 25.0 Å². The molecule has 8 nitrogen and oxygen atoms in total. The third-order valence-corrected chi connectivity index (χ3v) is 3.21. The van der Waals surface area contributed by atoms with Crippen molar-refractivity contribution in [3.8, 4) is 11.4 Å². The summed E-state index contributed by atoms with van der Waals surface area (Å²) in [5.41, 5.74) is 2.47. The lowest BCUT2D eigenvalue weighted by atomic mass is 10.2. The molecule has 0 saturated carbocycles. The van der Waals surface area contributed by atoms with E-state index in [-0.39, 0.29) is 0 Å². The Morgan fingerprint density at radius 2 is 2.04 bits per heavy atom. The van der Waals surface area contributed by atoms with E-state index in [0.29, 0.717) is 11.7 Å². The molecule has 0 spiro atoms. The van der Waals surface area contributed by atoms with E-state index in [9.17, 15) is 0 Å². The first-order valence-corrected chi connectivity index (χ1v) is 7.05. The highest BCUT2D eigenvalue weighted by Gasteiger charge is 2.09. The first-order valence-electron chi connectivity index (χ1n) is 7.05. The van der Waals surface area contributed by atoms with Crippen LogP contribution in [0.5, 0.6) is 5.75 Å². The normalized spacial score (nSPS) is 10.4. The maximum Gasteiger partial charge on any atom is 0.229 e. The number of nitrogens with one attached hydrogen (secondary N) is 2. The molecule has 0 aliphatic rings. The molecule has 1 aromatic carbocycles. The number of anilines is 3. The predicted molar refractivity (Wildman–Crippen MR) is 87.5 cm³/mol. The van der Waals surface area contributed by atoms with Crippen molar-refractivity contribution in [2.24, 2.45) is 0 Å². The smallest absolute Gasteiger partial charge is 0.229 e. The molecule has 0 bridgehead atoms. The average Bonchev–Trinajstić information content (AvgIpc) is 3.08. The van der Waals surface area contributed by atoms with Crippen molar-refractivity contribution in [2.75, 3.05) is 24.8 Å². The lowest BCUT2D eigenvalue weighted by Crippen LogP contribution is -2.04. The zero-order valence-electron chi connectivity index (χ0n) is 13.1. The van der Waals surface area contributed by atoms with Crippen molar-refractivity contribution in [2.45, 2.75) is 6.92 Å². The van der Waals surface area contributed by atoms with Crippen LogP contribution in [0.2, 0.25) is 0 Å². The maximum atomic E-state index is 5.37. The summed E-state index contributed by atoms with van der Waals surface area (Å²) >= 11 is 0. The summed E-state index contributed by atoms with van der Waals surface area (Å²) in [6.45, 7) is 1.92. The third-order valence-electron chi connectivity index (χ3n) is 3.21. The van der Waals surface area contributed by atoms with Crippen LogP contribution in [0.3, 0.4) is 0 Å². The Balaban J connectivity index is 1.95. The second-order valence-corrected chi connectivity index (χ2v) is 4.83. The predicted octanol–water partition coefficient (Wildman–Crippen LogP) is 2.16. The van der Waals surface area contributed by atoms with Gasteiger partial charge in [0.25, 0.3) is 0 Å². The minimum atomic E-state index is 0.518. The second-order valence-electron chi connectivity index (χ2n) is 4.83. The molecule has 2 heterocycles. The van der Waals surface area contributed by atoms with Gasteiger partial charge in [0.2, 0.25) is 5.95 Å². The maximum absolute atomic E-state index is 5.37. The fourth-order valence-electron chi connectivity index (χ4n) is 2.17. The minimum Gasteiger partial charge on any atom is -0.494 e. The Morgan fingerprint density at radius 3 is 2.74 bits per heavy atom. The van der Waals surface area contributed by atoms with E-state index in [0.717, 1.165) is 22.9 Å². The summed E-state index contributed by atoms with van der Waals surface area (Å²) in [5.74, 6) is 1.97. The lowest BCUT2D eigenvalue weighted by molar-refractivity contribution is 0.411. The van der Waals surface area contributed by atoms with Crippen LogP contribution in [-0.4, -0.2) is 39.1 Å². The number of methoxy groups -OCH3 is 1. The van der Waals surface area contributed by atoms with Gasteiger partial charge in [-0.05, 0) is 25.1 Å². The quantitative estimate of drug-likeness (QED) is 0.746. The summed E-state index contributed by atoms with van der Waals surface area (Å²) in [5, 5.41) is 14.0. The van der Waals surface area contributed by atoms with Gasteiger partial charge in [-0.1, -0.05) is 5.21 Å². The van der Waals surface area contributed by atoms with Crippen molar-refractivity contribution in [3.63, 3.8) is 0 Å². The van der Waals surface area contributed by atoms with E-state index in [1.165, 1.54) is 0 Å². The van der Waals surface area contributed by atoms with Crippen LogP contribution in [0.25, 0.3) is 5.69 Å². The Hall–Kier alpha value is -3.16. The molecule has 118 valence electrons. The summed E-state index contributed by atoms with van der Waals surface area (Å²) in [7, 11) is 3.44. The molecule has 2 aromatic heterocycles. The molecule has 3 rings (SSSR count). The molecular formula is C15H17N7O. The third kappa shape index (κ3) is 3.20. The Morgan fingerprint density at radius 1 is 1.17 bits per heavy atom. The molecule has 0 aliphatic heterocycles. The van der Waals surface area contributed by atoms with Gasteiger partial charge in [-0.25, -0.2) is 9.67 Å². The summed E-state index contributed by atoms with van der Waals surface area (Å²) in [4.78, 5) is 8.77. The largest absolute Gasteiger partial charge is 0.494 e. The van der Waals surface area contributed by atoms with Crippen LogP contribution in [0.4, 0.5) is 17.5 Å². The minimum absolute atomic E-state index is 0.518. The summed E-state index contributed by atoms with van der Waals surface area (Å²) in [6.07, 6.45) is 3.37. The van der Waals surface area contributed by atoms with E-state index in [1.807, 2.05) is 38.2 Å². The van der Waals surface area contributed by atoms with E-state index in [1.54, 1.807) is 24.2 Å². The van der Waals surface area contributed by atoms with Gasteiger partial charge >= 0.3 is 0 Å². The number of ether oxygens (including phenoxy) is 1.